The fourth-order valence-electron chi connectivity index (χ4n) is 1.88. The van der Waals surface area contributed by atoms with Gasteiger partial charge in [-0.25, -0.2) is 4.79 Å². The van der Waals surface area contributed by atoms with Crippen molar-refractivity contribution in [3.63, 3.8) is 0 Å². The fourth-order valence-corrected chi connectivity index (χ4v) is 1.88. The van der Waals surface area contributed by atoms with Crippen molar-refractivity contribution in [3.05, 3.63) is 22.5 Å². The largest absolute Gasteiger partial charge is 0.478 e. The van der Waals surface area contributed by atoms with E-state index in [2.05, 4.69) is 4.98 Å². The predicted octanol–water partition coefficient (Wildman–Crippen LogP) is 2.21. The van der Waals surface area contributed by atoms with Crippen molar-refractivity contribution >= 4 is 5.97 Å². The molecule has 2 N–H and O–H groups in total. The number of aryl methyl sites for hydroxylation is 1. The number of aromatic nitrogens is 1. The first-order valence-electron chi connectivity index (χ1n) is 4.53. The molecule has 1 aliphatic carbocycles. The highest BCUT2D eigenvalue weighted by Crippen LogP contribution is 2.42. The number of hydrogen-bond donors (Lipinski definition) is 2. The van der Waals surface area contributed by atoms with Gasteiger partial charge in [0.2, 0.25) is 0 Å². The van der Waals surface area contributed by atoms with Crippen molar-refractivity contribution in [1.82, 2.24) is 4.98 Å². The average Bonchev–Trinajstić information content (AvgIpc) is 2.78. The van der Waals surface area contributed by atoms with Gasteiger partial charge in [0, 0.05) is 11.4 Å². The van der Waals surface area contributed by atoms with Crippen molar-refractivity contribution in [2.75, 3.05) is 0 Å². The van der Waals surface area contributed by atoms with Gasteiger partial charge in [-0.2, -0.15) is 0 Å². The Bertz CT molecular complexity index is 361. The monoisotopic (exact) mass is 179 g/mol. The number of nitrogens with one attached hydrogen (secondary N) is 1. The van der Waals surface area contributed by atoms with Crippen LogP contribution >= 0.6 is 0 Å². The molecule has 0 atom stereocenters. The molecule has 0 saturated heterocycles. The number of rotatable bonds is 2. The smallest absolute Gasteiger partial charge is 0.337 e. The molecule has 3 heteroatoms. The van der Waals surface area contributed by atoms with Gasteiger partial charge in [0.25, 0.3) is 0 Å². The molecule has 1 heterocycles. The molecule has 0 spiro atoms. The molecule has 0 bridgehead atoms. The molecule has 13 heavy (non-hydrogen) atoms. The van der Waals surface area contributed by atoms with E-state index in [1.165, 1.54) is 12.8 Å². The van der Waals surface area contributed by atoms with E-state index in [1.54, 1.807) is 0 Å². The average molecular weight is 179 g/mol. The fraction of sp³-hybridized carbons (Fsp3) is 0.500. The third kappa shape index (κ3) is 1.24. The Morgan fingerprint density at radius 1 is 1.46 bits per heavy atom. The second-order valence-electron chi connectivity index (χ2n) is 3.74. The molecule has 2 rings (SSSR count). The van der Waals surface area contributed by atoms with Gasteiger partial charge in [0.1, 0.15) is 0 Å². The molecular formula is C10H13NO2. The van der Waals surface area contributed by atoms with E-state index in [0.29, 0.717) is 11.5 Å². The number of aromatic carboxylic acids is 1. The summed E-state index contributed by atoms with van der Waals surface area (Å²) in [7, 11) is 0. The van der Waals surface area contributed by atoms with Crippen LogP contribution in [0.25, 0.3) is 0 Å². The summed E-state index contributed by atoms with van der Waals surface area (Å²) in [6, 6.07) is 0. The second kappa shape index (κ2) is 2.62. The third-order valence-corrected chi connectivity index (χ3v) is 2.68. The zero-order chi connectivity index (χ0) is 9.59. The quantitative estimate of drug-likeness (QED) is 0.731. The van der Waals surface area contributed by atoms with Crippen LogP contribution in [0, 0.1) is 13.8 Å². The van der Waals surface area contributed by atoms with E-state index in [0.717, 1.165) is 17.0 Å². The summed E-state index contributed by atoms with van der Waals surface area (Å²) in [5.41, 5.74) is 3.30. The Kier molecular flexibility index (Phi) is 1.68. The van der Waals surface area contributed by atoms with Gasteiger partial charge in [-0.3, -0.25) is 0 Å². The first-order chi connectivity index (χ1) is 6.11. The van der Waals surface area contributed by atoms with Crippen molar-refractivity contribution < 1.29 is 9.90 Å². The van der Waals surface area contributed by atoms with Crippen LogP contribution in [0.4, 0.5) is 0 Å². The lowest BCUT2D eigenvalue weighted by molar-refractivity contribution is 0.0695. The Hall–Kier alpha value is -1.25. The van der Waals surface area contributed by atoms with E-state index in [4.69, 9.17) is 5.11 Å². The molecule has 1 aromatic heterocycles. The van der Waals surface area contributed by atoms with E-state index in [9.17, 15) is 4.79 Å². The van der Waals surface area contributed by atoms with Gasteiger partial charge < -0.3 is 10.1 Å². The highest BCUT2D eigenvalue weighted by atomic mass is 16.4. The molecular weight excluding hydrogens is 166 g/mol. The molecule has 0 amide bonds. The highest BCUT2D eigenvalue weighted by molar-refractivity contribution is 5.91. The summed E-state index contributed by atoms with van der Waals surface area (Å²) in [6.45, 7) is 3.71. The highest BCUT2D eigenvalue weighted by Gasteiger charge is 2.29. The molecule has 1 fully saturated rings. The van der Waals surface area contributed by atoms with Crippen LogP contribution in [-0.2, 0) is 0 Å². The van der Waals surface area contributed by atoms with Gasteiger partial charge in [-0.05, 0) is 38.2 Å². The van der Waals surface area contributed by atoms with E-state index in [1.807, 2.05) is 13.8 Å². The first kappa shape index (κ1) is 8.35. The normalized spacial score (nSPS) is 16.2. The second-order valence-corrected chi connectivity index (χ2v) is 3.74. The van der Waals surface area contributed by atoms with Gasteiger partial charge in [-0.15, -0.1) is 0 Å². The SMILES string of the molecule is Cc1[nH]c(C2CC2)c(C)c1C(=O)O. The zero-order valence-electron chi connectivity index (χ0n) is 7.85. The topological polar surface area (TPSA) is 53.1 Å². The summed E-state index contributed by atoms with van der Waals surface area (Å²) < 4.78 is 0. The van der Waals surface area contributed by atoms with Gasteiger partial charge >= 0.3 is 5.97 Å². The molecule has 0 radical (unpaired) electrons. The molecule has 3 nitrogen and oxygen atoms in total. The maximum absolute atomic E-state index is 10.9. The van der Waals surface area contributed by atoms with Crippen LogP contribution in [0.2, 0.25) is 0 Å². The van der Waals surface area contributed by atoms with E-state index < -0.39 is 5.97 Å². The minimum atomic E-state index is -0.821. The zero-order valence-corrected chi connectivity index (χ0v) is 7.85. The summed E-state index contributed by atoms with van der Waals surface area (Å²) in [5.74, 6) is -0.232. The number of carboxylic acids is 1. The Labute approximate surface area is 76.8 Å². The maximum atomic E-state index is 10.9. The Morgan fingerprint density at radius 2 is 2.08 bits per heavy atom. The standard InChI is InChI=1S/C10H13NO2/c1-5-8(10(12)13)6(2)11-9(5)7-3-4-7/h7,11H,3-4H2,1-2H3,(H,12,13). The van der Waals surface area contributed by atoms with Crippen LogP contribution in [0.3, 0.4) is 0 Å². The summed E-state index contributed by atoms with van der Waals surface area (Å²) in [6.07, 6.45) is 2.39. The van der Waals surface area contributed by atoms with Gasteiger partial charge in [0.05, 0.1) is 5.56 Å². The molecule has 0 aliphatic heterocycles. The lowest BCUT2D eigenvalue weighted by Gasteiger charge is -1.95. The van der Waals surface area contributed by atoms with Gasteiger partial charge in [0.15, 0.2) is 0 Å². The first-order valence-corrected chi connectivity index (χ1v) is 4.53. The number of aromatic amines is 1. The van der Waals surface area contributed by atoms with Crippen molar-refractivity contribution in [1.29, 1.82) is 0 Å². The minimum Gasteiger partial charge on any atom is -0.478 e. The van der Waals surface area contributed by atoms with Gasteiger partial charge in [-0.1, -0.05) is 0 Å². The van der Waals surface area contributed by atoms with Crippen molar-refractivity contribution in [2.24, 2.45) is 0 Å². The molecule has 0 unspecified atom stereocenters. The van der Waals surface area contributed by atoms with Crippen molar-refractivity contribution in [2.45, 2.75) is 32.6 Å². The lowest BCUT2D eigenvalue weighted by Crippen LogP contribution is -1.98. The number of carbonyl (C=O) groups is 1. The number of carboxylic acid groups (broad SMARTS) is 1. The Balaban J connectivity index is 2.50. The number of H-pyrrole nitrogens is 1. The van der Waals surface area contributed by atoms with Crippen molar-refractivity contribution in [3.8, 4) is 0 Å². The molecule has 70 valence electrons. The van der Waals surface area contributed by atoms with Crippen LogP contribution in [0.15, 0.2) is 0 Å². The molecule has 1 saturated carbocycles. The predicted molar refractivity (Wildman–Crippen MR) is 49.2 cm³/mol. The molecule has 0 aromatic carbocycles. The van der Waals surface area contributed by atoms with Crippen LogP contribution in [0.5, 0.6) is 0 Å². The Morgan fingerprint density at radius 3 is 2.46 bits per heavy atom. The van der Waals surface area contributed by atoms with E-state index in [-0.39, 0.29) is 0 Å². The van der Waals surface area contributed by atoms with Crippen LogP contribution < -0.4 is 0 Å². The maximum Gasteiger partial charge on any atom is 0.337 e. The lowest BCUT2D eigenvalue weighted by atomic mass is 10.1. The number of hydrogen-bond acceptors (Lipinski definition) is 1. The van der Waals surface area contributed by atoms with Crippen LogP contribution in [-0.4, -0.2) is 16.1 Å². The molecule has 1 aliphatic rings. The third-order valence-electron chi connectivity index (χ3n) is 2.68. The molecule has 1 aromatic rings. The van der Waals surface area contributed by atoms with E-state index >= 15 is 0 Å². The summed E-state index contributed by atoms with van der Waals surface area (Å²) in [4.78, 5) is 14.1. The summed E-state index contributed by atoms with van der Waals surface area (Å²) >= 11 is 0. The minimum absolute atomic E-state index is 0.460. The summed E-state index contributed by atoms with van der Waals surface area (Å²) in [5, 5.41) is 8.94. The van der Waals surface area contributed by atoms with Crippen LogP contribution in [0.1, 0.15) is 46.1 Å².